The molecule has 170 valence electrons. The van der Waals surface area contributed by atoms with Gasteiger partial charge in [0.1, 0.15) is 0 Å². The predicted molar refractivity (Wildman–Crippen MR) is 135 cm³/mol. The first-order valence-electron chi connectivity index (χ1n) is 10.0. The van der Waals surface area contributed by atoms with Crippen LogP contribution in [0, 0.1) is 6.92 Å². The summed E-state index contributed by atoms with van der Waals surface area (Å²) in [6.07, 6.45) is 0. The molecule has 2 N–H and O–H groups in total. The van der Waals surface area contributed by atoms with Crippen LogP contribution in [-0.4, -0.2) is 51.1 Å². The van der Waals surface area contributed by atoms with Crippen LogP contribution in [0.15, 0.2) is 47.5 Å². The van der Waals surface area contributed by atoms with Gasteiger partial charge in [-0.05, 0) is 42.7 Å². The first-order chi connectivity index (χ1) is 14.5. The number of likely N-dealkylation sites (N-methyl/N-ethyl adjacent to an activating group) is 1. The topological polar surface area (TPSA) is 75.2 Å². The van der Waals surface area contributed by atoms with E-state index in [1.807, 2.05) is 44.3 Å². The van der Waals surface area contributed by atoms with Crippen molar-refractivity contribution in [3.8, 4) is 11.5 Å². The van der Waals surface area contributed by atoms with E-state index in [1.165, 1.54) is 11.1 Å². The van der Waals surface area contributed by atoms with Crippen LogP contribution in [0.3, 0.4) is 0 Å². The van der Waals surface area contributed by atoms with E-state index in [9.17, 15) is 4.79 Å². The lowest BCUT2D eigenvalue weighted by Crippen LogP contribution is -2.38. The first kappa shape index (κ1) is 26.5. The van der Waals surface area contributed by atoms with Gasteiger partial charge < -0.3 is 25.0 Å². The van der Waals surface area contributed by atoms with E-state index in [0.29, 0.717) is 24.6 Å². The van der Waals surface area contributed by atoms with E-state index in [2.05, 4.69) is 39.6 Å². The fourth-order valence-corrected chi connectivity index (χ4v) is 3.02. The summed E-state index contributed by atoms with van der Waals surface area (Å²) >= 11 is 0. The van der Waals surface area contributed by atoms with Gasteiger partial charge in [0, 0.05) is 33.7 Å². The predicted octanol–water partition coefficient (Wildman–Crippen LogP) is 3.34. The van der Waals surface area contributed by atoms with Crippen LogP contribution in [0.25, 0.3) is 0 Å². The second-order valence-corrected chi connectivity index (χ2v) is 6.91. The zero-order valence-corrected chi connectivity index (χ0v) is 21.2. The van der Waals surface area contributed by atoms with E-state index in [-0.39, 0.29) is 36.5 Å². The van der Waals surface area contributed by atoms with Crippen LogP contribution >= 0.6 is 24.0 Å². The van der Waals surface area contributed by atoms with E-state index in [0.717, 1.165) is 18.1 Å². The lowest BCUT2D eigenvalue weighted by Gasteiger charge is -2.23. The average Bonchev–Trinajstić information content (AvgIpc) is 2.74. The van der Waals surface area contributed by atoms with Crippen molar-refractivity contribution in [1.82, 2.24) is 15.5 Å². The minimum Gasteiger partial charge on any atom is -0.493 e. The molecule has 0 atom stereocenters. The molecule has 0 radical (unpaired) electrons. The molecule has 2 rings (SSSR count). The van der Waals surface area contributed by atoms with E-state index >= 15 is 0 Å². The fraction of sp³-hybridized carbons (Fsp3) is 0.391. The van der Waals surface area contributed by atoms with Crippen LogP contribution < -0.4 is 20.1 Å². The number of methoxy groups -OCH3 is 1. The molecule has 0 saturated heterocycles. The largest absolute Gasteiger partial charge is 0.493 e. The van der Waals surface area contributed by atoms with Crippen LogP contribution in [0.4, 0.5) is 0 Å². The average molecular weight is 540 g/mol. The SMILES string of the molecule is CCNC(=O)COc1ccc(CNC(=NC)N(C)Cc2ccccc2C)cc1OC.I. The highest BCUT2D eigenvalue weighted by molar-refractivity contribution is 14.0. The quantitative estimate of drug-likeness (QED) is 0.290. The normalized spacial score (nSPS) is 10.7. The first-order valence-corrected chi connectivity index (χ1v) is 10.0. The summed E-state index contributed by atoms with van der Waals surface area (Å²) in [6, 6.07) is 14.0. The summed E-state index contributed by atoms with van der Waals surface area (Å²) in [5, 5.41) is 6.08. The van der Waals surface area contributed by atoms with Gasteiger partial charge in [-0.1, -0.05) is 30.3 Å². The van der Waals surface area contributed by atoms with Crippen molar-refractivity contribution in [3.63, 3.8) is 0 Å². The fourth-order valence-electron chi connectivity index (χ4n) is 3.02. The van der Waals surface area contributed by atoms with Crippen molar-refractivity contribution in [2.75, 3.05) is 34.4 Å². The highest BCUT2D eigenvalue weighted by Gasteiger charge is 2.11. The monoisotopic (exact) mass is 540 g/mol. The van der Waals surface area contributed by atoms with Gasteiger partial charge in [0.15, 0.2) is 24.1 Å². The van der Waals surface area contributed by atoms with Crippen molar-refractivity contribution in [1.29, 1.82) is 0 Å². The molecular formula is C23H33IN4O3. The number of ether oxygens (including phenoxy) is 2. The Balaban J connectivity index is 0.00000480. The number of rotatable bonds is 9. The third kappa shape index (κ3) is 8.28. The van der Waals surface area contributed by atoms with Crippen LogP contribution in [0.2, 0.25) is 0 Å². The molecule has 0 aromatic heterocycles. The van der Waals surface area contributed by atoms with Gasteiger partial charge in [0.05, 0.1) is 7.11 Å². The minimum atomic E-state index is -0.161. The molecule has 1 amide bonds. The zero-order chi connectivity index (χ0) is 21.9. The molecule has 0 aliphatic heterocycles. The highest BCUT2D eigenvalue weighted by atomic mass is 127. The number of hydrogen-bond donors (Lipinski definition) is 2. The Morgan fingerprint density at radius 2 is 1.87 bits per heavy atom. The third-order valence-electron chi connectivity index (χ3n) is 4.65. The smallest absolute Gasteiger partial charge is 0.257 e. The zero-order valence-electron chi connectivity index (χ0n) is 18.9. The van der Waals surface area contributed by atoms with Crippen molar-refractivity contribution in [2.24, 2.45) is 4.99 Å². The van der Waals surface area contributed by atoms with Crippen molar-refractivity contribution >= 4 is 35.8 Å². The second-order valence-electron chi connectivity index (χ2n) is 6.91. The van der Waals surface area contributed by atoms with E-state index in [1.54, 1.807) is 14.2 Å². The Bertz CT molecular complexity index is 874. The molecule has 8 heteroatoms. The molecule has 2 aromatic rings. The van der Waals surface area contributed by atoms with E-state index < -0.39 is 0 Å². The summed E-state index contributed by atoms with van der Waals surface area (Å²) < 4.78 is 11.0. The van der Waals surface area contributed by atoms with Gasteiger partial charge in [0.2, 0.25) is 0 Å². The summed E-state index contributed by atoms with van der Waals surface area (Å²) in [5.74, 6) is 1.76. The van der Waals surface area contributed by atoms with Gasteiger partial charge in [0.25, 0.3) is 5.91 Å². The number of nitrogens with zero attached hydrogens (tertiary/aromatic N) is 2. The Morgan fingerprint density at radius 1 is 1.13 bits per heavy atom. The molecule has 0 heterocycles. The van der Waals surface area contributed by atoms with E-state index in [4.69, 9.17) is 9.47 Å². The Hall–Kier alpha value is -2.49. The number of aliphatic imine (C=N–C) groups is 1. The minimum absolute atomic E-state index is 0. The Labute approximate surface area is 202 Å². The molecule has 0 unspecified atom stereocenters. The van der Waals surface area contributed by atoms with Gasteiger partial charge in [-0.25, -0.2) is 0 Å². The number of benzene rings is 2. The molecule has 0 fully saturated rings. The summed E-state index contributed by atoms with van der Waals surface area (Å²) in [4.78, 5) is 18.1. The standard InChI is InChI=1S/C23H32N4O3.HI/c1-6-25-22(28)16-30-20-12-11-18(13-21(20)29-5)14-26-23(24-3)27(4)15-19-10-8-7-9-17(19)2;/h7-13H,6,14-16H2,1-5H3,(H,24,26)(H,25,28);1H. The summed E-state index contributed by atoms with van der Waals surface area (Å²) in [5.41, 5.74) is 3.54. The van der Waals surface area contributed by atoms with Crippen molar-refractivity contribution in [3.05, 3.63) is 59.2 Å². The Kier molecular flexibility index (Phi) is 11.8. The summed E-state index contributed by atoms with van der Waals surface area (Å²) in [7, 11) is 5.37. The maximum absolute atomic E-state index is 11.6. The molecule has 7 nitrogen and oxygen atoms in total. The van der Waals surface area contributed by atoms with Crippen LogP contribution in [0.1, 0.15) is 23.6 Å². The van der Waals surface area contributed by atoms with Crippen molar-refractivity contribution in [2.45, 2.75) is 26.9 Å². The lowest BCUT2D eigenvalue weighted by molar-refractivity contribution is -0.123. The second kappa shape index (κ2) is 13.7. The van der Waals surface area contributed by atoms with Gasteiger partial charge in [-0.3, -0.25) is 9.79 Å². The molecule has 0 spiro atoms. The van der Waals surface area contributed by atoms with Crippen LogP contribution in [-0.2, 0) is 17.9 Å². The molecule has 0 bridgehead atoms. The van der Waals surface area contributed by atoms with Crippen LogP contribution in [0.5, 0.6) is 11.5 Å². The lowest BCUT2D eigenvalue weighted by atomic mass is 10.1. The van der Waals surface area contributed by atoms with Gasteiger partial charge in [-0.15, -0.1) is 24.0 Å². The third-order valence-corrected chi connectivity index (χ3v) is 4.65. The molecule has 2 aromatic carbocycles. The summed E-state index contributed by atoms with van der Waals surface area (Å²) in [6.45, 7) is 5.86. The number of halogens is 1. The number of carbonyl (C=O) groups excluding carboxylic acids is 1. The number of aryl methyl sites for hydroxylation is 1. The number of carbonyl (C=O) groups is 1. The number of guanidine groups is 1. The number of hydrogen-bond acceptors (Lipinski definition) is 4. The van der Waals surface area contributed by atoms with Crippen molar-refractivity contribution < 1.29 is 14.3 Å². The molecule has 0 aliphatic rings. The van der Waals surface area contributed by atoms with Gasteiger partial charge >= 0.3 is 0 Å². The molecule has 0 saturated carbocycles. The maximum atomic E-state index is 11.6. The number of amides is 1. The molecule has 31 heavy (non-hydrogen) atoms. The molecular weight excluding hydrogens is 507 g/mol. The molecule has 0 aliphatic carbocycles. The van der Waals surface area contributed by atoms with Gasteiger partial charge in [-0.2, -0.15) is 0 Å². The highest BCUT2D eigenvalue weighted by Crippen LogP contribution is 2.28. The Morgan fingerprint density at radius 3 is 2.52 bits per heavy atom. The maximum Gasteiger partial charge on any atom is 0.257 e. The number of nitrogens with one attached hydrogen (secondary N) is 2.